The molecule has 0 fully saturated rings. The summed E-state index contributed by atoms with van der Waals surface area (Å²) in [4.78, 5) is 4.32. The van der Waals surface area contributed by atoms with E-state index >= 15 is 0 Å². The van der Waals surface area contributed by atoms with Crippen molar-refractivity contribution in [3.05, 3.63) is 35.0 Å². The Balaban J connectivity index is 2.07. The van der Waals surface area contributed by atoms with Crippen LogP contribution in [0.25, 0.3) is 0 Å². The summed E-state index contributed by atoms with van der Waals surface area (Å²) in [6, 6.07) is 5.56. The lowest BCUT2D eigenvalue weighted by molar-refractivity contribution is 0.210. The molecule has 0 spiro atoms. The summed E-state index contributed by atoms with van der Waals surface area (Å²) in [5, 5.41) is 14.8. The van der Waals surface area contributed by atoms with Gasteiger partial charge in [-0.25, -0.2) is 0 Å². The van der Waals surface area contributed by atoms with Crippen molar-refractivity contribution in [1.82, 2.24) is 15.2 Å². The molecule has 2 N–H and O–H groups in total. The molecule has 1 aromatic heterocycles. The Morgan fingerprint density at radius 3 is 2.95 bits per heavy atom. The third-order valence-corrected chi connectivity index (χ3v) is 2.84. The topological polar surface area (TPSA) is 72.0 Å². The van der Waals surface area contributed by atoms with E-state index in [1.54, 1.807) is 13.3 Å². The molecule has 0 aliphatic carbocycles. The van der Waals surface area contributed by atoms with Crippen molar-refractivity contribution < 1.29 is 4.74 Å². The zero-order valence-electron chi connectivity index (χ0n) is 11.4. The number of anilines is 3. The lowest BCUT2D eigenvalue weighted by atomic mass is 10.2. The van der Waals surface area contributed by atoms with Gasteiger partial charge in [0.2, 0.25) is 5.95 Å². The van der Waals surface area contributed by atoms with Crippen molar-refractivity contribution in [2.45, 2.75) is 6.92 Å². The number of aryl methyl sites for hydroxylation is 1. The van der Waals surface area contributed by atoms with Gasteiger partial charge in [-0.15, -0.1) is 5.10 Å². The lowest BCUT2D eigenvalue weighted by Crippen LogP contribution is -2.10. The van der Waals surface area contributed by atoms with E-state index in [1.807, 2.05) is 25.1 Å². The van der Waals surface area contributed by atoms with Gasteiger partial charge in [-0.3, -0.25) is 0 Å². The normalized spacial score (nSPS) is 10.3. The van der Waals surface area contributed by atoms with E-state index in [0.29, 0.717) is 29.9 Å². The van der Waals surface area contributed by atoms with Gasteiger partial charge in [0.15, 0.2) is 5.82 Å². The number of benzene rings is 1. The molecule has 0 amide bonds. The molecular weight excluding hydrogens is 278 g/mol. The number of rotatable bonds is 6. The van der Waals surface area contributed by atoms with Crippen LogP contribution in [0.2, 0.25) is 5.02 Å². The largest absolute Gasteiger partial charge is 0.383 e. The highest BCUT2D eigenvalue weighted by atomic mass is 35.5. The average Bonchev–Trinajstić information content (AvgIpc) is 2.43. The van der Waals surface area contributed by atoms with E-state index in [4.69, 9.17) is 16.3 Å². The van der Waals surface area contributed by atoms with Crippen LogP contribution in [0.1, 0.15) is 5.56 Å². The van der Waals surface area contributed by atoms with Gasteiger partial charge in [-0.1, -0.05) is 11.6 Å². The first-order valence-corrected chi connectivity index (χ1v) is 6.52. The van der Waals surface area contributed by atoms with Crippen LogP contribution in [0, 0.1) is 6.92 Å². The van der Waals surface area contributed by atoms with Gasteiger partial charge in [-0.05, 0) is 30.7 Å². The second-order valence-corrected chi connectivity index (χ2v) is 4.61. The summed E-state index contributed by atoms with van der Waals surface area (Å²) in [6.07, 6.45) is 1.57. The summed E-state index contributed by atoms with van der Waals surface area (Å²) in [5.74, 6) is 1.07. The molecule has 7 heteroatoms. The standard InChI is InChI=1S/C13H16ClN5O/c1-9-7-10(14)3-4-11(9)17-13-18-12(8-16-19-13)15-5-6-20-2/h3-4,7-8H,5-6H2,1-2H3,(H2,15,17,18,19). The zero-order valence-corrected chi connectivity index (χ0v) is 12.1. The van der Waals surface area contributed by atoms with Crippen LogP contribution in [-0.4, -0.2) is 35.4 Å². The van der Waals surface area contributed by atoms with Crippen molar-refractivity contribution in [2.75, 3.05) is 30.9 Å². The highest BCUT2D eigenvalue weighted by Crippen LogP contribution is 2.21. The van der Waals surface area contributed by atoms with Gasteiger partial charge < -0.3 is 15.4 Å². The van der Waals surface area contributed by atoms with E-state index in [9.17, 15) is 0 Å². The average molecular weight is 294 g/mol. The fourth-order valence-corrected chi connectivity index (χ4v) is 1.84. The van der Waals surface area contributed by atoms with Crippen molar-refractivity contribution >= 4 is 29.1 Å². The summed E-state index contributed by atoms with van der Waals surface area (Å²) in [7, 11) is 1.65. The number of hydrogen-bond acceptors (Lipinski definition) is 6. The maximum atomic E-state index is 5.92. The number of methoxy groups -OCH3 is 1. The Kier molecular flexibility index (Phi) is 5.09. The maximum absolute atomic E-state index is 5.92. The second-order valence-electron chi connectivity index (χ2n) is 4.17. The molecule has 20 heavy (non-hydrogen) atoms. The van der Waals surface area contributed by atoms with Gasteiger partial charge in [0, 0.05) is 24.4 Å². The van der Waals surface area contributed by atoms with Crippen molar-refractivity contribution in [3.8, 4) is 0 Å². The number of hydrogen-bond donors (Lipinski definition) is 2. The van der Waals surface area contributed by atoms with E-state index in [-0.39, 0.29) is 0 Å². The molecule has 2 rings (SSSR count). The molecule has 0 atom stereocenters. The Labute approximate surface area is 122 Å². The minimum absolute atomic E-state index is 0.429. The summed E-state index contributed by atoms with van der Waals surface area (Å²) >= 11 is 5.92. The number of aromatic nitrogens is 3. The summed E-state index contributed by atoms with van der Waals surface area (Å²) in [5.41, 5.74) is 1.91. The summed E-state index contributed by atoms with van der Waals surface area (Å²) < 4.78 is 4.96. The van der Waals surface area contributed by atoms with Gasteiger partial charge >= 0.3 is 0 Å². The van der Waals surface area contributed by atoms with Crippen LogP contribution in [-0.2, 0) is 4.74 Å². The monoisotopic (exact) mass is 293 g/mol. The molecule has 0 unspecified atom stereocenters. The van der Waals surface area contributed by atoms with E-state index < -0.39 is 0 Å². The van der Waals surface area contributed by atoms with Crippen LogP contribution in [0.3, 0.4) is 0 Å². The van der Waals surface area contributed by atoms with Gasteiger partial charge in [-0.2, -0.15) is 10.1 Å². The predicted octanol–water partition coefficient (Wildman–Crippen LogP) is 2.64. The van der Waals surface area contributed by atoms with Crippen LogP contribution in [0.5, 0.6) is 0 Å². The first-order chi connectivity index (χ1) is 9.69. The number of ether oxygens (including phenoxy) is 1. The molecule has 0 saturated heterocycles. The highest BCUT2D eigenvalue weighted by molar-refractivity contribution is 6.30. The zero-order chi connectivity index (χ0) is 14.4. The Morgan fingerprint density at radius 2 is 2.20 bits per heavy atom. The fraction of sp³-hybridized carbons (Fsp3) is 0.308. The molecule has 0 aliphatic heterocycles. The minimum Gasteiger partial charge on any atom is -0.383 e. The van der Waals surface area contributed by atoms with Gasteiger partial charge in [0.1, 0.15) is 0 Å². The van der Waals surface area contributed by atoms with Crippen molar-refractivity contribution in [2.24, 2.45) is 0 Å². The SMILES string of the molecule is COCCNc1cnnc(Nc2ccc(Cl)cc2C)n1. The minimum atomic E-state index is 0.429. The molecule has 6 nitrogen and oxygen atoms in total. The number of nitrogens with one attached hydrogen (secondary N) is 2. The van der Waals surface area contributed by atoms with Gasteiger partial charge in [0.05, 0.1) is 12.8 Å². The molecule has 0 radical (unpaired) electrons. The smallest absolute Gasteiger partial charge is 0.249 e. The van der Waals surface area contributed by atoms with E-state index in [1.165, 1.54) is 0 Å². The first-order valence-electron chi connectivity index (χ1n) is 6.15. The third kappa shape index (κ3) is 4.04. The molecule has 2 aromatic rings. The van der Waals surface area contributed by atoms with Crippen LogP contribution in [0.15, 0.2) is 24.4 Å². The maximum Gasteiger partial charge on any atom is 0.249 e. The quantitative estimate of drug-likeness (QED) is 0.798. The third-order valence-electron chi connectivity index (χ3n) is 2.61. The predicted molar refractivity (Wildman–Crippen MR) is 79.7 cm³/mol. The molecule has 0 bridgehead atoms. The second kappa shape index (κ2) is 7.02. The molecular formula is C13H16ClN5O. The Bertz CT molecular complexity index is 578. The van der Waals surface area contributed by atoms with Crippen molar-refractivity contribution in [3.63, 3.8) is 0 Å². The van der Waals surface area contributed by atoms with E-state index in [0.717, 1.165) is 11.3 Å². The molecule has 0 aliphatic rings. The van der Waals surface area contributed by atoms with Crippen LogP contribution >= 0.6 is 11.6 Å². The van der Waals surface area contributed by atoms with E-state index in [2.05, 4.69) is 25.8 Å². The lowest BCUT2D eigenvalue weighted by Gasteiger charge is -2.09. The van der Waals surface area contributed by atoms with Crippen LogP contribution < -0.4 is 10.6 Å². The molecule has 1 aromatic carbocycles. The molecule has 1 heterocycles. The first kappa shape index (κ1) is 14.5. The molecule has 0 saturated carbocycles. The number of halogens is 1. The fourth-order valence-electron chi connectivity index (χ4n) is 1.61. The highest BCUT2D eigenvalue weighted by Gasteiger charge is 2.04. The number of nitrogens with zero attached hydrogens (tertiary/aromatic N) is 3. The van der Waals surface area contributed by atoms with Crippen molar-refractivity contribution in [1.29, 1.82) is 0 Å². The van der Waals surface area contributed by atoms with Gasteiger partial charge in [0.25, 0.3) is 0 Å². The molecule has 106 valence electrons. The summed E-state index contributed by atoms with van der Waals surface area (Å²) in [6.45, 7) is 3.22. The Morgan fingerprint density at radius 1 is 1.35 bits per heavy atom. The van der Waals surface area contributed by atoms with Crippen LogP contribution in [0.4, 0.5) is 17.5 Å². The Hall–Kier alpha value is -1.92.